The van der Waals surface area contributed by atoms with Gasteiger partial charge in [-0.3, -0.25) is 0 Å². The summed E-state index contributed by atoms with van der Waals surface area (Å²) in [6.45, 7) is 6.16. The molecule has 2 fully saturated rings. The predicted molar refractivity (Wildman–Crippen MR) is 55.8 cm³/mol. The van der Waals surface area contributed by atoms with E-state index in [0.717, 1.165) is 17.9 Å². The maximum Gasteiger partial charge on any atom is 0.00962 e. The van der Waals surface area contributed by atoms with Crippen molar-refractivity contribution in [3.63, 3.8) is 0 Å². The molecular weight excluding hydrogens is 160 g/mol. The van der Waals surface area contributed by atoms with Crippen LogP contribution in [-0.2, 0) is 0 Å². The van der Waals surface area contributed by atoms with Gasteiger partial charge in [0.05, 0.1) is 0 Å². The number of hydrogen-bond acceptors (Lipinski definition) is 2. The van der Waals surface area contributed by atoms with E-state index in [2.05, 4.69) is 17.6 Å². The summed E-state index contributed by atoms with van der Waals surface area (Å²) >= 11 is 0. The van der Waals surface area contributed by atoms with E-state index in [1.54, 1.807) is 0 Å². The van der Waals surface area contributed by atoms with E-state index in [-0.39, 0.29) is 0 Å². The van der Waals surface area contributed by atoms with Crippen LogP contribution < -0.4 is 10.6 Å². The molecule has 2 saturated heterocycles. The minimum Gasteiger partial charge on any atom is -0.316 e. The molecular formula is C11H22N2. The van der Waals surface area contributed by atoms with Crippen molar-refractivity contribution in [2.75, 3.05) is 19.6 Å². The summed E-state index contributed by atoms with van der Waals surface area (Å²) in [6, 6.07) is 0.810. The third kappa shape index (κ3) is 2.23. The first kappa shape index (κ1) is 9.47. The second-order valence-electron chi connectivity index (χ2n) is 4.67. The van der Waals surface area contributed by atoms with Gasteiger partial charge in [0.25, 0.3) is 0 Å². The van der Waals surface area contributed by atoms with Gasteiger partial charge >= 0.3 is 0 Å². The van der Waals surface area contributed by atoms with Gasteiger partial charge in [0, 0.05) is 6.04 Å². The molecule has 0 aromatic carbocycles. The highest BCUT2D eigenvalue weighted by molar-refractivity contribution is 4.85. The van der Waals surface area contributed by atoms with Gasteiger partial charge in [-0.25, -0.2) is 0 Å². The molecule has 0 radical (unpaired) electrons. The van der Waals surface area contributed by atoms with E-state index in [1.807, 2.05) is 0 Å². The zero-order chi connectivity index (χ0) is 9.10. The zero-order valence-corrected chi connectivity index (χ0v) is 8.68. The molecule has 13 heavy (non-hydrogen) atoms. The van der Waals surface area contributed by atoms with Crippen LogP contribution in [-0.4, -0.2) is 25.7 Å². The molecule has 0 aliphatic carbocycles. The summed E-state index contributed by atoms with van der Waals surface area (Å²) in [5, 5.41) is 7.14. The zero-order valence-electron chi connectivity index (χ0n) is 8.68. The van der Waals surface area contributed by atoms with Crippen LogP contribution in [0.2, 0.25) is 0 Å². The van der Waals surface area contributed by atoms with Crippen molar-refractivity contribution in [1.82, 2.24) is 10.6 Å². The Balaban J connectivity index is 1.83. The predicted octanol–water partition coefficient (Wildman–Crippen LogP) is 1.37. The number of piperidine rings is 1. The highest BCUT2D eigenvalue weighted by Crippen LogP contribution is 2.26. The van der Waals surface area contributed by atoms with Crippen molar-refractivity contribution >= 4 is 0 Å². The fraction of sp³-hybridized carbons (Fsp3) is 1.00. The summed E-state index contributed by atoms with van der Waals surface area (Å²) in [6.07, 6.45) is 5.60. The molecule has 2 aliphatic rings. The Morgan fingerprint density at radius 1 is 1.15 bits per heavy atom. The van der Waals surface area contributed by atoms with Crippen molar-refractivity contribution < 1.29 is 0 Å². The van der Waals surface area contributed by atoms with Gasteiger partial charge in [-0.1, -0.05) is 6.92 Å². The average molecular weight is 182 g/mol. The molecule has 3 unspecified atom stereocenters. The molecule has 2 heteroatoms. The normalized spacial score (nSPS) is 37.6. The molecule has 0 saturated carbocycles. The molecule has 2 N–H and O–H groups in total. The third-order valence-corrected chi connectivity index (χ3v) is 3.81. The van der Waals surface area contributed by atoms with Crippen LogP contribution in [0.3, 0.4) is 0 Å². The minimum atomic E-state index is 0.810. The summed E-state index contributed by atoms with van der Waals surface area (Å²) in [5.41, 5.74) is 0. The van der Waals surface area contributed by atoms with E-state index >= 15 is 0 Å². The maximum absolute atomic E-state index is 3.63. The van der Waals surface area contributed by atoms with Crippen LogP contribution in [0, 0.1) is 11.8 Å². The van der Waals surface area contributed by atoms with Gasteiger partial charge in [-0.2, -0.15) is 0 Å². The highest BCUT2D eigenvalue weighted by Gasteiger charge is 2.28. The van der Waals surface area contributed by atoms with Gasteiger partial charge in [0.1, 0.15) is 0 Å². The molecule has 0 aromatic rings. The first-order valence-corrected chi connectivity index (χ1v) is 5.82. The maximum atomic E-state index is 3.63. The second kappa shape index (κ2) is 4.43. The summed E-state index contributed by atoms with van der Waals surface area (Å²) in [5.74, 6) is 1.79. The Kier molecular flexibility index (Phi) is 3.23. The summed E-state index contributed by atoms with van der Waals surface area (Å²) in [4.78, 5) is 0. The third-order valence-electron chi connectivity index (χ3n) is 3.81. The molecule has 0 bridgehead atoms. The first-order chi connectivity index (χ1) is 6.38. The van der Waals surface area contributed by atoms with Gasteiger partial charge in [-0.05, 0) is 57.2 Å². The molecule has 2 heterocycles. The fourth-order valence-corrected chi connectivity index (χ4v) is 2.82. The smallest absolute Gasteiger partial charge is 0.00962 e. The molecule has 0 spiro atoms. The van der Waals surface area contributed by atoms with Crippen LogP contribution in [0.1, 0.15) is 32.6 Å². The SMILES string of the molecule is CC(C1CCCNC1)C1CCCN1. The molecule has 76 valence electrons. The van der Waals surface area contributed by atoms with E-state index in [1.165, 1.54) is 45.3 Å². The monoisotopic (exact) mass is 182 g/mol. The lowest BCUT2D eigenvalue weighted by atomic mass is 9.82. The Hall–Kier alpha value is -0.0800. The van der Waals surface area contributed by atoms with Crippen LogP contribution in [0.15, 0.2) is 0 Å². The van der Waals surface area contributed by atoms with E-state index in [0.29, 0.717) is 0 Å². The lowest BCUT2D eigenvalue weighted by Gasteiger charge is -2.32. The van der Waals surface area contributed by atoms with Gasteiger partial charge in [0.15, 0.2) is 0 Å². The van der Waals surface area contributed by atoms with Crippen LogP contribution in [0.4, 0.5) is 0 Å². The Labute approximate surface area is 81.5 Å². The van der Waals surface area contributed by atoms with Crippen molar-refractivity contribution in [1.29, 1.82) is 0 Å². The number of rotatable bonds is 2. The molecule has 2 aliphatic heterocycles. The van der Waals surface area contributed by atoms with Crippen molar-refractivity contribution in [3.8, 4) is 0 Å². The van der Waals surface area contributed by atoms with Crippen LogP contribution >= 0.6 is 0 Å². The molecule has 0 amide bonds. The van der Waals surface area contributed by atoms with E-state index < -0.39 is 0 Å². The molecule has 3 atom stereocenters. The lowest BCUT2D eigenvalue weighted by Crippen LogP contribution is -2.40. The fourth-order valence-electron chi connectivity index (χ4n) is 2.82. The van der Waals surface area contributed by atoms with Gasteiger partial charge < -0.3 is 10.6 Å². The number of hydrogen-bond donors (Lipinski definition) is 2. The van der Waals surface area contributed by atoms with Gasteiger partial charge in [0.2, 0.25) is 0 Å². The van der Waals surface area contributed by atoms with Crippen molar-refractivity contribution in [3.05, 3.63) is 0 Å². The standard InChI is InChI=1S/C11H22N2/c1-9(11-5-3-7-13-11)10-4-2-6-12-8-10/h9-13H,2-8H2,1H3. The van der Waals surface area contributed by atoms with Crippen LogP contribution in [0.5, 0.6) is 0 Å². The Morgan fingerprint density at radius 2 is 2.00 bits per heavy atom. The van der Waals surface area contributed by atoms with Crippen LogP contribution in [0.25, 0.3) is 0 Å². The molecule has 2 nitrogen and oxygen atoms in total. The van der Waals surface area contributed by atoms with Gasteiger partial charge in [-0.15, -0.1) is 0 Å². The van der Waals surface area contributed by atoms with Crippen molar-refractivity contribution in [2.24, 2.45) is 11.8 Å². The second-order valence-corrected chi connectivity index (χ2v) is 4.67. The largest absolute Gasteiger partial charge is 0.316 e. The Bertz CT molecular complexity index is 146. The molecule has 2 rings (SSSR count). The average Bonchev–Trinajstić information content (AvgIpc) is 2.71. The van der Waals surface area contributed by atoms with Crippen molar-refractivity contribution in [2.45, 2.75) is 38.6 Å². The quantitative estimate of drug-likeness (QED) is 0.674. The minimum absolute atomic E-state index is 0.810. The lowest BCUT2D eigenvalue weighted by molar-refractivity contribution is 0.235. The Morgan fingerprint density at radius 3 is 2.62 bits per heavy atom. The number of nitrogens with one attached hydrogen (secondary N) is 2. The highest BCUT2D eigenvalue weighted by atomic mass is 15.0. The first-order valence-electron chi connectivity index (χ1n) is 5.82. The summed E-state index contributed by atoms with van der Waals surface area (Å²) in [7, 11) is 0. The van der Waals surface area contributed by atoms with E-state index in [9.17, 15) is 0 Å². The molecule has 0 aromatic heterocycles. The van der Waals surface area contributed by atoms with E-state index in [4.69, 9.17) is 0 Å². The topological polar surface area (TPSA) is 24.1 Å². The summed E-state index contributed by atoms with van der Waals surface area (Å²) < 4.78 is 0.